The zero-order valence-electron chi connectivity index (χ0n) is 9.44. The zero-order chi connectivity index (χ0) is 12.0. The van der Waals surface area contributed by atoms with E-state index in [-0.39, 0.29) is 19.1 Å². The number of hydrogen-bond acceptors (Lipinski definition) is 4. The van der Waals surface area contributed by atoms with Crippen LogP contribution in [0.4, 0.5) is 0 Å². The molecule has 0 bridgehead atoms. The molecule has 1 unspecified atom stereocenters. The molecule has 1 atom stereocenters. The topological polar surface area (TPSA) is 78.9 Å². The van der Waals surface area contributed by atoms with Crippen LogP contribution in [0.5, 0.6) is 0 Å². The van der Waals surface area contributed by atoms with Crippen LogP contribution >= 0.6 is 0 Å². The van der Waals surface area contributed by atoms with Crippen LogP contribution in [0.15, 0.2) is 0 Å². The number of nitrogens with zero attached hydrogens (tertiary/aromatic N) is 1. The fourth-order valence-corrected chi connectivity index (χ4v) is 1.61. The summed E-state index contributed by atoms with van der Waals surface area (Å²) in [6.07, 6.45) is 0.859. The second kappa shape index (κ2) is 6.44. The third kappa shape index (κ3) is 3.79. The van der Waals surface area contributed by atoms with Gasteiger partial charge in [-0.05, 0) is 6.42 Å². The number of carbonyl (C=O) groups is 2. The monoisotopic (exact) mass is 230 g/mol. The SMILES string of the molecule is CCCNC(=O)C1COCCN1CC(=O)O. The second-order valence-corrected chi connectivity index (χ2v) is 3.75. The molecule has 0 aromatic rings. The molecule has 92 valence electrons. The fourth-order valence-electron chi connectivity index (χ4n) is 1.61. The molecule has 1 aliphatic rings. The third-order valence-electron chi connectivity index (χ3n) is 2.43. The van der Waals surface area contributed by atoms with Crippen LogP contribution in [0, 0.1) is 0 Å². The molecule has 2 N–H and O–H groups in total. The first-order valence-electron chi connectivity index (χ1n) is 5.46. The predicted molar refractivity (Wildman–Crippen MR) is 57.1 cm³/mol. The lowest BCUT2D eigenvalue weighted by Crippen LogP contribution is -2.55. The Morgan fingerprint density at radius 2 is 2.31 bits per heavy atom. The summed E-state index contributed by atoms with van der Waals surface area (Å²) in [5.41, 5.74) is 0. The van der Waals surface area contributed by atoms with Gasteiger partial charge in [-0.1, -0.05) is 6.92 Å². The Bertz CT molecular complexity index is 257. The molecular weight excluding hydrogens is 212 g/mol. The Morgan fingerprint density at radius 1 is 1.56 bits per heavy atom. The lowest BCUT2D eigenvalue weighted by molar-refractivity contribution is -0.143. The summed E-state index contributed by atoms with van der Waals surface area (Å²) in [5, 5.41) is 11.5. The van der Waals surface area contributed by atoms with Gasteiger partial charge in [-0.15, -0.1) is 0 Å². The molecule has 0 aliphatic carbocycles. The Hall–Kier alpha value is -1.14. The maximum Gasteiger partial charge on any atom is 0.317 e. The summed E-state index contributed by atoms with van der Waals surface area (Å²) in [6.45, 7) is 3.68. The number of carboxylic acid groups (broad SMARTS) is 1. The average Bonchev–Trinajstić information content (AvgIpc) is 2.26. The first-order chi connectivity index (χ1) is 7.65. The first-order valence-corrected chi connectivity index (χ1v) is 5.46. The zero-order valence-corrected chi connectivity index (χ0v) is 9.44. The van der Waals surface area contributed by atoms with E-state index in [0.717, 1.165) is 6.42 Å². The highest BCUT2D eigenvalue weighted by Crippen LogP contribution is 2.06. The molecule has 0 aromatic heterocycles. The first kappa shape index (κ1) is 12.9. The second-order valence-electron chi connectivity index (χ2n) is 3.75. The van der Waals surface area contributed by atoms with E-state index < -0.39 is 12.0 Å². The number of amides is 1. The predicted octanol–water partition coefficient (Wildman–Crippen LogP) is -0.702. The third-order valence-corrected chi connectivity index (χ3v) is 2.43. The Kier molecular flexibility index (Phi) is 5.21. The summed E-state index contributed by atoms with van der Waals surface area (Å²) in [7, 11) is 0. The summed E-state index contributed by atoms with van der Waals surface area (Å²) in [5.74, 6) is -1.07. The maximum absolute atomic E-state index is 11.7. The van der Waals surface area contributed by atoms with Crippen molar-refractivity contribution in [3.63, 3.8) is 0 Å². The number of carboxylic acids is 1. The summed E-state index contributed by atoms with van der Waals surface area (Å²) >= 11 is 0. The molecule has 1 fully saturated rings. The number of rotatable bonds is 5. The van der Waals surface area contributed by atoms with Gasteiger partial charge in [0.2, 0.25) is 5.91 Å². The van der Waals surface area contributed by atoms with E-state index in [1.807, 2.05) is 6.92 Å². The van der Waals surface area contributed by atoms with Crippen molar-refractivity contribution in [2.75, 3.05) is 32.8 Å². The van der Waals surface area contributed by atoms with Crippen molar-refractivity contribution in [3.05, 3.63) is 0 Å². The molecule has 0 spiro atoms. The minimum atomic E-state index is -0.921. The molecule has 0 radical (unpaired) electrons. The van der Waals surface area contributed by atoms with E-state index >= 15 is 0 Å². The normalized spacial score (nSPS) is 21.7. The van der Waals surface area contributed by atoms with Crippen molar-refractivity contribution < 1.29 is 19.4 Å². The van der Waals surface area contributed by atoms with Crippen molar-refractivity contribution in [3.8, 4) is 0 Å². The molecular formula is C10H18N2O4. The molecule has 1 saturated heterocycles. The lowest BCUT2D eigenvalue weighted by atomic mass is 10.2. The number of nitrogens with one attached hydrogen (secondary N) is 1. The van der Waals surface area contributed by atoms with Gasteiger partial charge in [-0.2, -0.15) is 0 Å². The largest absolute Gasteiger partial charge is 0.480 e. The van der Waals surface area contributed by atoms with Crippen molar-refractivity contribution in [1.29, 1.82) is 0 Å². The Labute approximate surface area is 94.6 Å². The van der Waals surface area contributed by atoms with Gasteiger partial charge in [0.15, 0.2) is 0 Å². The van der Waals surface area contributed by atoms with Crippen molar-refractivity contribution >= 4 is 11.9 Å². The molecule has 1 heterocycles. The molecule has 1 rings (SSSR count). The van der Waals surface area contributed by atoms with Gasteiger partial charge in [-0.3, -0.25) is 14.5 Å². The van der Waals surface area contributed by atoms with Gasteiger partial charge in [0.1, 0.15) is 6.04 Å². The average molecular weight is 230 g/mol. The number of carbonyl (C=O) groups excluding carboxylic acids is 1. The Balaban J connectivity index is 2.51. The Morgan fingerprint density at radius 3 is 2.94 bits per heavy atom. The molecule has 16 heavy (non-hydrogen) atoms. The van der Waals surface area contributed by atoms with Crippen LogP contribution in [0.25, 0.3) is 0 Å². The van der Waals surface area contributed by atoms with Crippen molar-refractivity contribution in [2.24, 2.45) is 0 Å². The molecule has 6 nitrogen and oxygen atoms in total. The van der Waals surface area contributed by atoms with Crippen molar-refractivity contribution in [2.45, 2.75) is 19.4 Å². The molecule has 1 aliphatic heterocycles. The van der Waals surface area contributed by atoms with Crippen LogP contribution in [0.3, 0.4) is 0 Å². The summed E-state index contributed by atoms with van der Waals surface area (Å²) < 4.78 is 5.20. The van der Waals surface area contributed by atoms with Gasteiger partial charge >= 0.3 is 5.97 Å². The van der Waals surface area contributed by atoms with Gasteiger partial charge in [0.25, 0.3) is 0 Å². The van der Waals surface area contributed by atoms with E-state index in [0.29, 0.717) is 19.7 Å². The van der Waals surface area contributed by atoms with Crippen LogP contribution < -0.4 is 5.32 Å². The van der Waals surface area contributed by atoms with E-state index in [4.69, 9.17) is 9.84 Å². The number of morpholine rings is 1. The van der Waals surface area contributed by atoms with Crippen LogP contribution in [0.1, 0.15) is 13.3 Å². The molecule has 6 heteroatoms. The van der Waals surface area contributed by atoms with Gasteiger partial charge < -0.3 is 15.2 Å². The highest BCUT2D eigenvalue weighted by molar-refractivity contribution is 5.82. The maximum atomic E-state index is 11.7. The summed E-state index contributed by atoms with van der Waals surface area (Å²) in [6, 6.07) is -0.476. The lowest BCUT2D eigenvalue weighted by Gasteiger charge is -2.33. The van der Waals surface area contributed by atoms with Gasteiger partial charge in [0.05, 0.1) is 19.8 Å². The van der Waals surface area contributed by atoms with Gasteiger partial charge in [-0.25, -0.2) is 0 Å². The molecule has 0 saturated carbocycles. The highest BCUT2D eigenvalue weighted by Gasteiger charge is 2.30. The molecule has 1 amide bonds. The molecule has 0 aromatic carbocycles. The quantitative estimate of drug-likeness (QED) is 0.653. The number of aliphatic carboxylic acids is 1. The number of hydrogen-bond donors (Lipinski definition) is 2. The number of ether oxygens (including phenoxy) is 1. The van der Waals surface area contributed by atoms with Crippen molar-refractivity contribution in [1.82, 2.24) is 10.2 Å². The highest BCUT2D eigenvalue weighted by atomic mass is 16.5. The van der Waals surface area contributed by atoms with Crippen LogP contribution in [-0.4, -0.2) is 60.8 Å². The standard InChI is InChI=1S/C10H18N2O4/c1-2-3-11-10(15)8-7-16-5-4-12(8)6-9(13)14/h8H,2-7H2,1H3,(H,11,15)(H,13,14). The van der Waals surface area contributed by atoms with E-state index in [1.54, 1.807) is 4.90 Å². The van der Waals surface area contributed by atoms with E-state index in [1.165, 1.54) is 0 Å². The smallest absolute Gasteiger partial charge is 0.317 e. The fraction of sp³-hybridized carbons (Fsp3) is 0.800. The van der Waals surface area contributed by atoms with Crippen LogP contribution in [0.2, 0.25) is 0 Å². The van der Waals surface area contributed by atoms with Gasteiger partial charge in [0, 0.05) is 13.1 Å². The van der Waals surface area contributed by atoms with E-state index in [9.17, 15) is 9.59 Å². The minimum Gasteiger partial charge on any atom is -0.480 e. The van der Waals surface area contributed by atoms with E-state index in [2.05, 4.69) is 5.32 Å². The summed E-state index contributed by atoms with van der Waals surface area (Å²) in [4.78, 5) is 24.0. The minimum absolute atomic E-state index is 0.117. The van der Waals surface area contributed by atoms with Crippen LogP contribution in [-0.2, 0) is 14.3 Å².